The van der Waals surface area contributed by atoms with Crippen LogP contribution in [0.3, 0.4) is 0 Å². The van der Waals surface area contributed by atoms with Gasteiger partial charge in [0.25, 0.3) is 0 Å². The number of carbonyl (C=O) groups is 4. The largest absolute Gasteiger partial charge is 0.462 e. The molecular formula is C44H63NO5. The molecule has 5 aliphatic rings. The molecule has 0 heterocycles. The minimum Gasteiger partial charge on any atom is -0.462 e. The fourth-order valence-electron chi connectivity index (χ4n) is 12.7. The van der Waals surface area contributed by atoms with Crippen LogP contribution in [0.5, 0.6) is 0 Å². The number of esters is 1. The average Bonchev–Trinajstić information content (AvgIpc) is 3.36. The van der Waals surface area contributed by atoms with Crippen LogP contribution in [-0.2, 0) is 23.9 Å². The lowest BCUT2D eigenvalue weighted by Gasteiger charge is -2.68. The standard InChI is InChI=1S/C44H63NO5/c1-26(2)28-13-11-12-14-31(28)45-39(49)44-22-17-30-29(38(44)37(27(3)4)32(47)23-44)15-16-34-42(30,9)20-18-33-41(7,8)35(19-21-43(33,34)10)50-36(48)24-40(5,6)25-46/h11-14,25-27,29-30,33-35H,15-24H2,1-10H3,(H,45,49)/t29?,30?,33?,34?,35-,42-,43-,44?/m0/s1. The van der Waals surface area contributed by atoms with Crippen LogP contribution in [0, 0.1) is 56.7 Å². The van der Waals surface area contributed by atoms with Crippen LogP contribution >= 0.6 is 0 Å². The van der Waals surface area contributed by atoms with Gasteiger partial charge >= 0.3 is 5.97 Å². The van der Waals surface area contributed by atoms with E-state index >= 15 is 0 Å². The Labute approximate surface area is 301 Å². The number of hydrogen-bond acceptors (Lipinski definition) is 5. The van der Waals surface area contributed by atoms with E-state index in [4.69, 9.17) is 4.74 Å². The van der Waals surface area contributed by atoms with E-state index in [1.54, 1.807) is 13.8 Å². The number of aldehydes is 1. The fraction of sp³-hybridized carbons (Fsp3) is 0.727. The van der Waals surface area contributed by atoms with Gasteiger partial charge in [0.15, 0.2) is 5.78 Å². The number of ether oxygens (including phenoxy) is 1. The summed E-state index contributed by atoms with van der Waals surface area (Å²) in [6, 6.07) is 8.12. The topological polar surface area (TPSA) is 89.5 Å². The summed E-state index contributed by atoms with van der Waals surface area (Å²) < 4.78 is 6.20. The third-order valence-electron chi connectivity index (χ3n) is 15.0. The SMILES string of the molecule is CC(C)C1=C2C3CCC4[C@@](C)(CCC5C(C)(C)[C@@H](OC(=O)CC(C)(C)C=O)CC[C@@]54C)C3CCC2(C(=O)Nc2ccccc2C(C)C)CC1=O. The summed E-state index contributed by atoms with van der Waals surface area (Å²) in [5.74, 6) is 1.90. The van der Waals surface area contributed by atoms with Crippen molar-refractivity contribution < 1.29 is 23.9 Å². The number of anilines is 1. The highest BCUT2D eigenvalue weighted by atomic mass is 16.5. The summed E-state index contributed by atoms with van der Waals surface area (Å²) in [5, 5.41) is 3.37. The Kier molecular flexibility index (Phi) is 9.42. The highest BCUT2D eigenvalue weighted by molar-refractivity contribution is 6.10. The van der Waals surface area contributed by atoms with E-state index in [1.165, 1.54) is 5.57 Å². The van der Waals surface area contributed by atoms with Crippen LogP contribution in [-0.4, -0.2) is 30.0 Å². The molecule has 6 heteroatoms. The molecule has 1 N–H and O–H groups in total. The quantitative estimate of drug-likeness (QED) is 0.217. The van der Waals surface area contributed by atoms with Gasteiger partial charge in [0.05, 0.1) is 11.8 Å². The van der Waals surface area contributed by atoms with E-state index in [0.717, 1.165) is 74.5 Å². The smallest absolute Gasteiger partial charge is 0.307 e. The molecule has 0 saturated heterocycles. The highest BCUT2D eigenvalue weighted by Crippen LogP contribution is 2.73. The molecule has 1 aromatic carbocycles. The van der Waals surface area contributed by atoms with Crippen molar-refractivity contribution in [2.75, 3.05) is 5.32 Å². The summed E-state index contributed by atoms with van der Waals surface area (Å²) >= 11 is 0. The summed E-state index contributed by atoms with van der Waals surface area (Å²) in [5.41, 5.74) is 2.67. The molecule has 6 rings (SSSR count). The number of nitrogens with one attached hydrogen (secondary N) is 1. The third-order valence-corrected chi connectivity index (χ3v) is 15.0. The molecule has 8 atom stereocenters. The molecule has 4 fully saturated rings. The minimum atomic E-state index is -0.769. The molecule has 4 saturated carbocycles. The second-order valence-electron chi connectivity index (χ2n) is 19.5. The molecule has 5 unspecified atom stereocenters. The van der Waals surface area contributed by atoms with Gasteiger partial charge in [-0.05, 0) is 120 Å². The number of para-hydroxylation sites is 1. The Hall–Kier alpha value is -2.76. The maximum atomic E-state index is 14.7. The van der Waals surface area contributed by atoms with E-state index in [9.17, 15) is 19.2 Å². The molecule has 1 aromatic rings. The van der Waals surface area contributed by atoms with Gasteiger partial charge in [0.2, 0.25) is 5.91 Å². The van der Waals surface area contributed by atoms with Crippen LogP contribution in [0.25, 0.3) is 0 Å². The van der Waals surface area contributed by atoms with Crippen molar-refractivity contribution in [3.63, 3.8) is 0 Å². The average molecular weight is 686 g/mol. The number of allylic oxidation sites excluding steroid dienone is 1. The molecule has 6 nitrogen and oxygen atoms in total. The Morgan fingerprint density at radius 2 is 1.58 bits per heavy atom. The molecule has 1 amide bonds. The number of rotatable bonds is 8. The first-order chi connectivity index (χ1) is 23.3. The Bertz CT molecular complexity index is 1580. The number of Topliss-reactive ketones (excluding diaryl/α,β-unsaturated/α-hetero) is 1. The maximum Gasteiger partial charge on any atom is 0.307 e. The minimum absolute atomic E-state index is 0.0112. The van der Waals surface area contributed by atoms with Gasteiger partial charge in [-0.25, -0.2) is 0 Å². The number of amides is 1. The van der Waals surface area contributed by atoms with Crippen LogP contribution in [0.4, 0.5) is 5.69 Å². The van der Waals surface area contributed by atoms with E-state index in [2.05, 4.69) is 66.8 Å². The molecular weight excluding hydrogens is 622 g/mol. The molecule has 5 aliphatic carbocycles. The molecule has 0 bridgehead atoms. The van der Waals surface area contributed by atoms with Crippen molar-refractivity contribution >= 4 is 29.6 Å². The van der Waals surface area contributed by atoms with E-state index in [0.29, 0.717) is 24.2 Å². The van der Waals surface area contributed by atoms with Crippen LogP contribution in [0.1, 0.15) is 145 Å². The van der Waals surface area contributed by atoms with Crippen molar-refractivity contribution in [2.45, 2.75) is 145 Å². The first-order valence-electron chi connectivity index (χ1n) is 19.7. The van der Waals surface area contributed by atoms with Crippen LogP contribution < -0.4 is 5.32 Å². The Morgan fingerprint density at radius 3 is 2.24 bits per heavy atom. The second-order valence-corrected chi connectivity index (χ2v) is 19.5. The van der Waals surface area contributed by atoms with Gasteiger partial charge in [-0.15, -0.1) is 0 Å². The molecule has 0 radical (unpaired) electrons. The van der Waals surface area contributed by atoms with Gasteiger partial charge in [0, 0.05) is 22.9 Å². The summed E-state index contributed by atoms with van der Waals surface area (Å²) in [4.78, 5) is 53.2. The van der Waals surface area contributed by atoms with Crippen LogP contribution in [0.2, 0.25) is 0 Å². The first-order valence-corrected chi connectivity index (χ1v) is 19.7. The molecule has 0 aromatic heterocycles. The Balaban J connectivity index is 1.29. The summed E-state index contributed by atoms with van der Waals surface area (Å²) in [6.45, 7) is 21.9. The van der Waals surface area contributed by atoms with Crippen molar-refractivity contribution in [3.8, 4) is 0 Å². The van der Waals surface area contributed by atoms with Crippen molar-refractivity contribution in [3.05, 3.63) is 41.0 Å². The summed E-state index contributed by atoms with van der Waals surface area (Å²) in [7, 11) is 0. The van der Waals surface area contributed by atoms with Gasteiger partial charge in [-0.2, -0.15) is 0 Å². The summed E-state index contributed by atoms with van der Waals surface area (Å²) in [6.07, 6.45) is 8.96. The second kappa shape index (κ2) is 12.7. The molecule has 0 spiro atoms. The maximum absolute atomic E-state index is 14.7. The zero-order valence-electron chi connectivity index (χ0n) is 32.5. The molecule has 0 aliphatic heterocycles. The molecule has 274 valence electrons. The number of carbonyl (C=O) groups excluding carboxylic acids is 4. The van der Waals surface area contributed by atoms with E-state index in [1.807, 2.05) is 18.2 Å². The molecule has 50 heavy (non-hydrogen) atoms. The number of ketones is 1. The van der Waals surface area contributed by atoms with E-state index in [-0.39, 0.29) is 64.2 Å². The Morgan fingerprint density at radius 1 is 0.900 bits per heavy atom. The zero-order chi connectivity index (χ0) is 36.6. The zero-order valence-corrected chi connectivity index (χ0v) is 32.5. The number of benzene rings is 1. The normalized spacial score (nSPS) is 36.3. The van der Waals surface area contributed by atoms with Gasteiger partial charge < -0.3 is 14.8 Å². The third kappa shape index (κ3) is 5.74. The predicted molar refractivity (Wildman–Crippen MR) is 198 cm³/mol. The fourth-order valence-corrected chi connectivity index (χ4v) is 12.7. The predicted octanol–water partition coefficient (Wildman–Crippen LogP) is 9.87. The van der Waals surface area contributed by atoms with Crippen molar-refractivity contribution in [1.29, 1.82) is 0 Å². The number of hydrogen-bond donors (Lipinski definition) is 1. The van der Waals surface area contributed by atoms with Gasteiger partial charge in [-0.1, -0.05) is 87.4 Å². The van der Waals surface area contributed by atoms with Crippen molar-refractivity contribution in [1.82, 2.24) is 0 Å². The monoisotopic (exact) mass is 685 g/mol. The highest BCUT2D eigenvalue weighted by Gasteiger charge is 2.67. The van der Waals surface area contributed by atoms with Gasteiger partial charge in [-0.3, -0.25) is 14.4 Å². The van der Waals surface area contributed by atoms with E-state index < -0.39 is 10.8 Å². The lowest BCUT2D eigenvalue weighted by atomic mass is 9.36. The first kappa shape index (κ1) is 37.0. The van der Waals surface area contributed by atoms with Crippen LogP contribution in [0.15, 0.2) is 35.4 Å². The van der Waals surface area contributed by atoms with Crippen molar-refractivity contribution in [2.24, 2.45) is 56.7 Å². The van der Waals surface area contributed by atoms with Gasteiger partial charge in [0.1, 0.15) is 12.4 Å². The lowest BCUT2D eigenvalue weighted by Crippen LogP contribution is -2.63. The lowest BCUT2D eigenvalue weighted by molar-refractivity contribution is -0.213. The number of fused-ring (bicyclic) bond motifs is 7.